The lowest BCUT2D eigenvalue weighted by atomic mass is 10.1. The van der Waals surface area contributed by atoms with Crippen molar-refractivity contribution in [2.75, 3.05) is 23.7 Å². The quantitative estimate of drug-likeness (QED) is 0.839. The van der Waals surface area contributed by atoms with Crippen LogP contribution < -0.4 is 10.6 Å². The molecule has 0 aliphatic carbocycles. The van der Waals surface area contributed by atoms with E-state index in [0.717, 1.165) is 25.9 Å². The van der Waals surface area contributed by atoms with Gasteiger partial charge in [0.05, 0.1) is 5.69 Å². The number of aromatic nitrogens is 1. The molecule has 0 radical (unpaired) electrons. The van der Waals surface area contributed by atoms with Gasteiger partial charge in [0.2, 0.25) is 0 Å². The van der Waals surface area contributed by atoms with Gasteiger partial charge in [-0.1, -0.05) is 19.3 Å². The molecule has 0 atom stereocenters. The summed E-state index contributed by atoms with van der Waals surface area (Å²) in [7, 11) is 0. The molecule has 1 aromatic rings. The molecule has 1 fully saturated rings. The van der Waals surface area contributed by atoms with Crippen LogP contribution in [0.3, 0.4) is 0 Å². The van der Waals surface area contributed by atoms with Gasteiger partial charge in [-0.2, -0.15) is 0 Å². The topological polar surface area (TPSA) is 79.5 Å². The number of pyridine rings is 1. The van der Waals surface area contributed by atoms with Crippen LogP contribution in [0.1, 0.15) is 42.6 Å². The summed E-state index contributed by atoms with van der Waals surface area (Å²) in [6, 6.07) is 3.08. The van der Waals surface area contributed by atoms with Gasteiger partial charge in [-0.05, 0) is 25.0 Å². The van der Waals surface area contributed by atoms with Crippen molar-refractivity contribution in [2.24, 2.45) is 0 Å². The molecule has 0 bridgehead atoms. The Balaban J connectivity index is 2.23. The average molecular weight is 249 g/mol. The largest absolute Gasteiger partial charge is 0.477 e. The van der Waals surface area contributed by atoms with Gasteiger partial charge in [0, 0.05) is 13.1 Å². The van der Waals surface area contributed by atoms with Gasteiger partial charge >= 0.3 is 5.97 Å². The van der Waals surface area contributed by atoms with Crippen LogP contribution in [0.2, 0.25) is 0 Å². The zero-order chi connectivity index (χ0) is 13.0. The number of carbonyl (C=O) groups is 1. The standard InChI is InChI=1S/C13H19N3O2/c14-10-6-7-11(13(17)18)15-12(10)16-8-4-2-1-3-5-9-16/h6-7H,1-5,8-9,14H2,(H,17,18). The minimum absolute atomic E-state index is 0.0567. The minimum atomic E-state index is -1.01. The molecule has 0 saturated carbocycles. The van der Waals surface area contributed by atoms with Crippen molar-refractivity contribution in [2.45, 2.75) is 32.1 Å². The highest BCUT2D eigenvalue weighted by Gasteiger charge is 2.15. The molecule has 5 heteroatoms. The van der Waals surface area contributed by atoms with Crippen molar-refractivity contribution in [1.82, 2.24) is 4.98 Å². The van der Waals surface area contributed by atoms with Crippen molar-refractivity contribution in [1.29, 1.82) is 0 Å². The van der Waals surface area contributed by atoms with Crippen LogP contribution in [0.15, 0.2) is 12.1 Å². The van der Waals surface area contributed by atoms with Gasteiger partial charge in [-0.3, -0.25) is 0 Å². The molecule has 3 N–H and O–H groups in total. The van der Waals surface area contributed by atoms with Crippen molar-refractivity contribution >= 4 is 17.5 Å². The molecule has 1 aliphatic heterocycles. The van der Waals surface area contributed by atoms with Gasteiger partial charge < -0.3 is 15.7 Å². The van der Waals surface area contributed by atoms with E-state index in [0.29, 0.717) is 11.5 Å². The molecular formula is C13H19N3O2. The maximum atomic E-state index is 10.9. The Labute approximate surface area is 107 Å². The first-order chi connectivity index (χ1) is 8.68. The van der Waals surface area contributed by atoms with Crippen molar-refractivity contribution < 1.29 is 9.90 Å². The smallest absolute Gasteiger partial charge is 0.354 e. The first kappa shape index (κ1) is 12.7. The number of nitrogens with two attached hydrogens (primary N) is 1. The lowest BCUT2D eigenvalue weighted by molar-refractivity contribution is 0.0690. The number of carboxylic acids is 1. The van der Waals surface area contributed by atoms with Crippen LogP contribution >= 0.6 is 0 Å². The van der Waals surface area contributed by atoms with Crippen LogP contribution in [0.4, 0.5) is 11.5 Å². The van der Waals surface area contributed by atoms with Crippen molar-refractivity contribution in [3.05, 3.63) is 17.8 Å². The maximum Gasteiger partial charge on any atom is 0.354 e. The Morgan fingerprint density at radius 3 is 2.39 bits per heavy atom. The number of carboxylic acid groups (broad SMARTS) is 1. The number of aromatic carboxylic acids is 1. The molecule has 18 heavy (non-hydrogen) atoms. The van der Waals surface area contributed by atoms with E-state index in [1.54, 1.807) is 6.07 Å². The summed E-state index contributed by atoms with van der Waals surface area (Å²) in [5, 5.41) is 8.98. The highest BCUT2D eigenvalue weighted by molar-refractivity contribution is 5.87. The molecule has 0 unspecified atom stereocenters. The molecule has 0 aromatic carbocycles. The third-order valence-electron chi connectivity index (χ3n) is 3.28. The lowest BCUT2D eigenvalue weighted by Gasteiger charge is -2.27. The lowest BCUT2D eigenvalue weighted by Crippen LogP contribution is -2.29. The Bertz CT molecular complexity index is 426. The third kappa shape index (κ3) is 2.91. The monoisotopic (exact) mass is 249 g/mol. The van der Waals surface area contributed by atoms with E-state index in [-0.39, 0.29) is 5.69 Å². The van der Waals surface area contributed by atoms with E-state index in [4.69, 9.17) is 10.8 Å². The Morgan fingerprint density at radius 1 is 1.17 bits per heavy atom. The Morgan fingerprint density at radius 2 is 1.78 bits per heavy atom. The molecule has 98 valence electrons. The molecule has 1 aliphatic rings. The van der Waals surface area contributed by atoms with E-state index >= 15 is 0 Å². The first-order valence-electron chi connectivity index (χ1n) is 6.43. The van der Waals surface area contributed by atoms with Crippen LogP contribution in [0.5, 0.6) is 0 Å². The zero-order valence-corrected chi connectivity index (χ0v) is 10.4. The summed E-state index contributed by atoms with van der Waals surface area (Å²) in [4.78, 5) is 17.2. The molecule has 0 amide bonds. The first-order valence-corrected chi connectivity index (χ1v) is 6.43. The highest BCUT2D eigenvalue weighted by Crippen LogP contribution is 2.23. The second kappa shape index (κ2) is 5.71. The summed E-state index contributed by atoms with van der Waals surface area (Å²) in [5.41, 5.74) is 6.53. The van der Waals surface area contributed by atoms with Crippen molar-refractivity contribution in [3.8, 4) is 0 Å². The summed E-state index contributed by atoms with van der Waals surface area (Å²) >= 11 is 0. The number of hydrogen-bond donors (Lipinski definition) is 2. The third-order valence-corrected chi connectivity index (χ3v) is 3.28. The second-order valence-electron chi connectivity index (χ2n) is 4.67. The second-order valence-corrected chi connectivity index (χ2v) is 4.67. The van der Waals surface area contributed by atoms with E-state index in [1.165, 1.54) is 25.3 Å². The molecule has 0 spiro atoms. The fourth-order valence-electron chi connectivity index (χ4n) is 2.29. The normalized spacial score (nSPS) is 17.0. The number of nitrogens with zero attached hydrogens (tertiary/aromatic N) is 2. The Hall–Kier alpha value is -1.78. The predicted molar refractivity (Wildman–Crippen MR) is 70.9 cm³/mol. The molecule has 1 saturated heterocycles. The summed E-state index contributed by atoms with van der Waals surface area (Å²) < 4.78 is 0. The van der Waals surface area contributed by atoms with Gasteiger partial charge in [-0.25, -0.2) is 9.78 Å². The van der Waals surface area contributed by atoms with Crippen LogP contribution in [0, 0.1) is 0 Å². The number of anilines is 2. The number of rotatable bonds is 2. The maximum absolute atomic E-state index is 10.9. The molecule has 5 nitrogen and oxygen atoms in total. The van der Waals surface area contributed by atoms with E-state index in [1.807, 2.05) is 0 Å². The van der Waals surface area contributed by atoms with Crippen LogP contribution in [-0.4, -0.2) is 29.1 Å². The number of nitrogen functional groups attached to an aromatic ring is 1. The van der Waals surface area contributed by atoms with E-state index in [2.05, 4.69) is 9.88 Å². The molecular weight excluding hydrogens is 230 g/mol. The van der Waals surface area contributed by atoms with Crippen LogP contribution in [-0.2, 0) is 0 Å². The SMILES string of the molecule is Nc1ccc(C(=O)O)nc1N1CCCCCCC1. The highest BCUT2D eigenvalue weighted by atomic mass is 16.4. The molecule has 2 rings (SSSR count). The average Bonchev–Trinajstić information content (AvgIpc) is 2.29. The zero-order valence-electron chi connectivity index (χ0n) is 10.4. The minimum Gasteiger partial charge on any atom is -0.477 e. The van der Waals surface area contributed by atoms with Crippen LogP contribution in [0.25, 0.3) is 0 Å². The summed E-state index contributed by atoms with van der Waals surface area (Å²) in [5.74, 6) is -0.389. The molecule has 2 heterocycles. The van der Waals surface area contributed by atoms with Gasteiger partial charge in [0.15, 0.2) is 11.5 Å². The van der Waals surface area contributed by atoms with Gasteiger partial charge in [0.25, 0.3) is 0 Å². The fraction of sp³-hybridized carbons (Fsp3) is 0.538. The van der Waals surface area contributed by atoms with Gasteiger partial charge in [-0.15, -0.1) is 0 Å². The summed E-state index contributed by atoms with van der Waals surface area (Å²) in [6.07, 6.45) is 5.94. The number of hydrogen-bond acceptors (Lipinski definition) is 4. The fourth-order valence-corrected chi connectivity index (χ4v) is 2.29. The Kier molecular flexibility index (Phi) is 4.02. The van der Waals surface area contributed by atoms with E-state index in [9.17, 15) is 4.79 Å². The van der Waals surface area contributed by atoms with E-state index < -0.39 is 5.97 Å². The predicted octanol–water partition coefficient (Wildman–Crippen LogP) is 2.13. The van der Waals surface area contributed by atoms with Crippen molar-refractivity contribution in [3.63, 3.8) is 0 Å². The molecule has 1 aromatic heterocycles. The summed E-state index contributed by atoms with van der Waals surface area (Å²) in [6.45, 7) is 1.81. The van der Waals surface area contributed by atoms with Gasteiger partial charge in [0.1, 0.15) is 0 Å².